The van der Waals surface area contributed by atoms with Crippen molar-refractivity contribution in [3.63, 3.8) is 0 Å². The third kappa shape index (κ3) is 3.23. The normalized spacial score (nSPS) is 20.8. The zero-order valence-electron chi connectivity index (χ0n) is 7.93. The Labute approximate surface area is 85.5 Å². The molecule has 86 valence electrons. The number of carbonyl (C=O) groups excluding carboxylic acids is 2. The molecule has 2 amide bonds. The maximum Gasteiger partial charge on any atom is 0.440 e. The molecule has 0 unspecified atom stereocenters. The number of hydrogen-bond donors (Lipinski definition) is 4. The van der Waals surface area contributed by atoms with Crippen LogP contribution in [0.1, 0.15) is 12.8 Å². The molecular formula is C6H13N5O4. The van der Waals surface area contributed by atoms with Crippen molar-refractivity contribution < 1.29 is 19.2 Å². The van der Waals surface area contributed by atoms with Crippen LogP contribution in [0.5, 0.6) is 0 Å². The van der Waals surface area contributed by atoms with Gasteiger partial charge in [0.15, 0.2) is 6.23 Å². The number of carbonyl (C=O) groups is 2. The van der Waals surface area contributed by atoms with E-state index in [2.05, 4.69) is 0 Å². The number of rotatable bonds is 2. The molecule has 1 aliphatic heterocycles. The number of hydrogen-bond acceptors (Lipinski definition) is 7. The highest BCUT2D eigenvalue weighted by Crippen LogP contribution is 2.18. The second-order valence-corrected chi connectivity index (χ2v) is 2.81. The summed E-state index contributed by atoms with van der Waals surface area (Å²) in [6.45, 7) is 0.468. The topological polar surface area (TPSA) is 132 Å². The number of nitrogens with one attached hydrogen (secondary N) is 2. The van der Waals surface area contributed by atoms with E-state index in [1.54, 1.807) is 5.43 Å². The molecular weight excluding hydrogens is 206 g/mol. The van der Waals surface area contributed by atoms with Gasteiger partial charge in [0.1, 0.15) is 0 Å². The molecule has 1 aliphatic rings. The van der Waals surface area contributed by atoms with Crippen LogP contribution >= 0.6 is 0 Å². The van der Waals surface area contributed by atoms with E-state index in [4.69, 9.17) is 21.3 Å². The number of ether oxygens (including phenoxy) is 1. The molecule has 0 aromatic heterocycles. The Morgan fingerprint density at radius 2 is 1.93 bits per heavy atom. The lowest BCUT2D eigenvalue weighted by molar-refractivity contribution is -0.172. The lowest BCUT2D eigenvalue weighted by atomic mass is 10.4. The summed E-state index contributed by atoms with van der Waals surface area (Å²) >= 11 is 0. The SMILES string of the molecule is NNC(=O)O[C@H]1CCCN1OC(=O)NN. The van der Waals surface area contributed by atoms with E-state index in [0.717, 1.165) is 6.42 Å². The van der Waals surface area contributed by atoms with E-state index >= 15 is 0 Å². The number of nitrogens with zero attached hydrogens (tertiary/aromatic N) is 1. The summed E-state index contributed by atoms with van der Waals surface area (Å²) in [7, 11) is 0. The monoisotopic (exact) mass is 219 g/mol. The molecule has 0 radical (unpaired) electrons. The largest absolute Gasteiger partial charge is 0.440 e. The average molecular weight is 219 g/mol. The standard InChI is InChI=1S/C6H13N5O4/c7-9-5(12)14-4-2-1-3-11(4)15-6(13)10-8/h4H,1-3,7-8H2,(H,9,12)(H,10,13)/t4-/m0/s1. The van der Waals surface area contributed by atoms with Crippen molar-refractivity contribution in [3.8, 4) is 0 Å². The number of nitrogens with two attached hydrogens (primary N) is 2. The van der Waals surface area contributed by atoms with Crippen LogP contribution in [-0.2, 0) is 9.57 Å². The molecule has 6 N–H and O–H groups in total. The first-order valence-corrected chi connectivity index (χ1v) is 4.29. The third-order valence-electron chi connectivity index (χ3n) is 1.83. The Kier molecular flexibility index (Phi) is 4.09. The summed E-state index contributed by atoms with van der Waals surface area (Å²) in [6.07, 6.45) is -0.945. The van der Waals surface area contributed by atoms with Gasteiger partial charge in [-0.25, -0.2) is 21.3 Å². The molecule has 1 saturated heterocycles. The quantitative estimate of drug-likeness (QED) is 0.253. The second-order valence-electron chi connectivity index (χ2n) is 2.81. The maximum atomic E-state index is 10.8. The zero-order valence-corrected chi connectivity index (χ0v) is 7.93. The molecule has 9 nitrogen and oxygen atoms in total. The van der Waals surface area contributed by atoms with Gasteiger partial charge in [0, 0.05) is 13.0 Å². The fraction of sp³-hybridized carbons (Fsp3) is 0.667. The molecule has 15 heavy (non-hydrogen) atoms. The average Bonchev–Trinajstić information content (AvgIpc) is 2.65. The fourth-order valence-electron chi connectivity index (χ4n) is 1.22. The van der Waals surface area contributed by atoms with Crippen LogP contribution in [0.25, 0.3) is 0 Å². The molecule has 0 aromatic carbocycles. The number of amides is 2. The Morgan fingerprint density at radius 3 is 2.53 bits per heavy atom. The van der Waals surface area contributed by atoms with Gasteiger partial charge in [0.2, 0.25) is 0 Å². The molecule has 0 spiro atoms. The van der Waals surface area contributed by atoms with Crippen LogP contribution in [0.15, 0.2) is 0 Å². The van der Waals surface area contributed by atoms with Crippen molar-refractivity contribution in [3.05, 3.63) is 0 Å². The van der Waals surface area contributed by atoms with Crippen molar-refractivity contribution in [2.45, 2.75) is 19.1 Å². The van der Waals surface area contributed by atoms with Gasteiger partial charge < -0.3 is 9.57 Å². The summed E-state index contributed by atoms with van der Waals surface area (Å²) in [5.41, 5.74) is 3.61. The van der Waals surface area contributed by atoms with Crippen LogP contribution in [-0.4, -0.2) is 30.0 Å². The minimum Gasteiger partial charge on any atom is -0.426 e. The van der Waals surface area contributed by atoms with E-state index in [0.29, 0.717) is 13.0 Å². The van der Waals surface area contributed by atoms with Crippen molar-refractivity contribution in [1.29, 1.82) is 0 Å². The van der Waals surface area contributed by atoms with E-state index in [1.165, 1.54) is 5.06 Å². The van der Waals surface area contributed by atoms with Gasteiger partial charge in [-0.3, -0.25) is 10.9 Å². The van der Waals surface area contributed by atoms with Gasteiger partial charge >= 0.3 is 12.2 Å². The predicted octanol–water partition coefficient (Wildman–Crippen LogP) is -1.48. The van der Waals surface area contributed by atoms with Crippen LogP contribution in [0.3, 0.4) is 0 Å². The van der Waals surface area contributed by atoms with Crippen LogP contribution < -0.4 is 22.5 Å². The van der Waals surface area contributed by atoms with Gasteiger partial charge in [-0.05, 0) is 6.42 Å². The number of hydroxylamine groups is 2. The van der Waals surface area contributed by atoms with E-state index in [1.807, 2.05) is 5.43 Å². The first kappa shape index (κ1) is 11.5. The van der Waals surface area contributed by atoms with Gasteiger partial charge in [-0.2, -0.15) is 0 Å². The summed E-state index contributed by atoms with van der Waals surface area (Å²) in [5.74, 6) is 9.67. The Hall–Kier alpha value is -1.58. The molecule has 0 saturated carbocycles. The van der Waals surface area contributed by atoms with Crippen molar-refractivity contribution >= 4 is 12.2 Å². The highest BCUT2D eigenvalue weighted by atomic mass is 16.8. The Morgan fingerprint density at radius 1 is 1.27 bits per heavy atom. The molecule has 9 heteroatoms. The van der Waals surface area contributed by atoms with Crippen molar-refractivity contribution in [2.24, 2.45) is 11.7 Å². The smallest absolute Gasteiger partial charge is 0.426 e. The van der Waals surface area contributed by atoms with Crippen molar-refractivity contribution in [2.75, 3.05) is 6.54 Å². The van der Waals surface area contributed by atoms with Crippen LogP contribution in [0, 0.1) is 0 Å². The lowest BCUT2D eigenvalue weighted by Crippen LogP contribution is -2.43. The molecule has 0 aromatic rings. The maximum absolute atomic E-state index is 10.8. The van der Waals surface area contributed by atoms with E-state index in [-0.39, 0.29) is 0 Å². The Bertz CT molecular complexity index is 224. The summed E-state index contributed by atoms with van der Waals surface area (Å²) in [5, 5.41) is 1.22. The van der Waals surface area contributed by atoms with Gasteiger partial charge in [-0.15, -0.1) is 0 Å². The second kappa shape index (κ2) is 5.34. The fourth-order valence-corrected chi connectivity index (χ4v) is 1.22. The summed E-state index contributed by atoms with van der Waals surface area (Å²) in [6, 6.07) is 0. The molecule has 0 bridgehead atoms. The van der Waals surface area contributed by atoms with Gasteiger partial charge in [0.25, 0.3) is 0 Å². The van der Waals surface area contributed by atoms with Gasteiger partial charge in [-0.1, -0.05) is 5.06 Å². The predicted molar refractivity (Wildman–Crippen MR) is 47.3 cm³/mol. The minimum atomic E-state index is -0.821. The van der Waals surface area contributed by atoms with Crippen LogP contribution in [0.2, 0.25) is 0 Å². The molecule has 1 rings (SSSR count). The van der Waals surface area contributed by atoms with Gasteiger partial charge in [0.05, 0.1) is 0 Å². The summed E-state index contributed by atoms with van der Waals surface area (Å²) in [4.78, 5) is 26.3. The summed E-state index contributed by atoms with van der Waals surface area (Å²) < 4.78 is 4.82. The highest BCUT2D eigenvalue weighted by Gasteiger charge is 2.30. The Balaban J connectivity index is 2.42. The minimum absolute atomic E-state index is 0.468. The molecule has 1 fully saturated rings. The first-order valence-electron chi connectivity index (χ1n) is 4.29. The zero-order chi connectivity index (χ0) is 11.3. The number of hydrazine groups is 2. The molecule has 1 atom stereocenters. The van der Waals surface area contributed by atoms with Crippen molar-refractivity contribution in [1.82, 2.24) is 15.9 Å². The molecule has 0 aliphatic carbocycles. The van der Waals surface area contributed by atoms with Crippen LogP contribution in [0.4, 0.5) is 9.59 Å². The third-order valence-corrected chi connectivity index (χ3v) is 1.83. The lowest BCUT2D eigenvalue weighted by Gasteiger charge is -2.21. The van der Waals surface area contributed by atoms with E-state index in [9.17, 15) is 9.59 Å². The first-order chi connectivity index (χ1) is 7.17. The highest BCUT2D eigenvalue weighted by molar-refractivity contribution is 5.67. The molecule has 1 heterocycles. The van der Waals surface area contributed by atoms with E-state index < -0.39 is 18.4 Å².